The Labute approximate surface area is 139 Å². The van der Waals surface area contributed by atoms with Crippen LogP contribution in [0.2, 0.25) is 5.02 Å². The number of nitrogens with zero attached hydrogens (tertiary/aromatic N) is 2. The number of benzene rings is 1. The van der Waals surface area contributed by atoms with Crippen LogP contribution in [0.25, 0.3) is 0 Å². The molecule has 0 radical (unpaired) electrons. The summed E-state index contributed by atoms with van der Waals surface area (Å²) in [5, 5.41) is 0.591. The minimum atomic E-state index is -0.933. The van der Waals surface area contributed by atoms with Crippen LogP contribution < -0.4 is 4.90 Å². The Morgan fingerprint density at radius 1 is 1.45 bits per heavy atom. The van der Waals surface area contributed by atoms with E-state index in [0.717, 1.165) is 17.0 Å². The van der Waals surface area contributed by atoms with E-state index in [4.69, 9.17) is 11.6 Å². The van der Waals surface area contributed by atoms with E-state index >= 15 is 0 Å². The summed E-state index contributed by atoms with van der Waals surface area (Å²) in [6.45, 7) is 6.86. The van der Waals surface area contributed by atoms with Crippen molar-refractivity contribution in [3.05, 3.63) is 28.8 Å². The minimum Gasteiger partial charge on any atom is -0.315 e. The highest BCUT2D eigenvalue weighted by molar-refractivity contribution is 8.01. The first-order chi connectivity index (χ1) is 10.4. The van der Waals surface area contributed by atoms with Crippen molar-refractivity contribution in [1.82, 2.24) is 4.90 Å². The highest BCUT2D eigenvalue weighted by atomic mass is 35.5. The van der Waals surface area contributed by atoms with Crippen LogP contribution in [0.5, 0.6) is 0 Å². The lowest BCUT2D eigenvalue weighted by Gasteiger charge is -2.34. The first kappa shape index (κ1) is 15.7. The van der Waals surface area contributed by atoms with E-state index in [1.165, 1.54) is 0 Å². The molecule has 2 heterocycles. The molecule has 1 aromatic rings. The Morgan fingerprint density at radius 2 is 2.18 bits per heavy atom. The molecular weight excluding hydrogens is 320 g/mol. The van der Waals surface area contributed by atoms with Crippen LogP contribution in [-0.4, -0.2) is 35.6 Å². The van der Waals surface area contributed by atoms with Crippen molar-refractivity contribution >= 4 is 40.9 Å². The second-order valence-corrected chi connectivity index (χ2v) is 7.57. The van der Waals surface area contributed by atoms with Gasteiger partial charge in [-0.25, -0.2) is 0 Å². The van der Waals surface area contributed by atoms with Gasteiger partial charge in [0.2, 0.25) is 5.91 Å². The van der Waals surface area contributed by atoms with Crippen molar-refractivity contribution in [2.75, 3.05) is 23.7 Å². The molecule has 0 aromatic heterocycles. The first-order valence-corrected chi connectivity index (χ1v) is 8.87. The Morgan fingerprint density at radius 3 is 2.82 bits per heavy atom. The lowest BCUT2D eigenvalue weighted by atomic mass is 10.0. The van der Waals surface area contributed by atoms with Gasteiger partial charge in [0.15, 0.2) is 4.87 Å². The lowest BCUT2D eigenvalue weighted by Crippen LogP contribution is -2.51. The molecule has 0 aliphatic carbocycles. The molecule has 1 fully saturated rings. The molecule has 22 heavy (non-hydrogen) atoms. The van der Waals surface area contributed by atoms with Gasteiger partial charge in [0, 0.05) is 35.3 Å². The molecule has 0 N–H and O–H groups in total. The predicted molar refractivity (Wildman–Crippen MR) is 90.2 cm³/mol. The summed E-state index contributed by atoms with van der Waals surface area (Å²) < 4.78 is 0. The summed E-state index contributed by atoms with van der Waals surface area (Å²) in [4.78, 5) is 28.4. The molecule has 0 unspecified atom stereocenters. The van der Waals surface area contributed by atoms with Gasteiger partial charge in [-0.3, -0.25) is 9.59 Å². The van der Waals surface area contributed by atoms with Gasteiger partial charge < -0.3 is 9.80 Å². The van der Waals surface area contributed by atoms with Crippen molar-refractivity contribution in [2.24, 2.45) is 5.92 Å². The molecule has 0 saturated carbocycles. The maximum Gasteiger partial charge on any atom is 0.268 e. The largest absolute Gasteiger partial charge is 0.315 e. The van der Waals surface area contributed by atoms with Crippen LogP contribution in [0.4, 0.5) is 5.69 Å². The number of halogens is 1. The van der Waals surface area contributed by atoms with Gasteiger partial charge in [0.05, 0.1) is 5.69 Å². The fourth-order valence-corrected chi connectivity index (χ4v) is 4.87. The van der Waals surface area contributed by atoms with E-state index in [2.05, 4.69) is 0 Å². The number of amides is 2. The van der Waals surface area contributed by atoms with E-state index in [1.54, 1.807) is 27.6 Å². The van der Waals surface area contributed by atoms with Crippen LogP contribution in [0, 0.1) is 5.92 Å². The standard InChI is InChI=1S/C16H19ClN2O2S/c1-4-18-13-6-5-11(17)9-12(13)16(15(18)21)19(7-8-22-16)14(20)10(2)3/h5-6,9-10H,4,7-8H2,1-3H3/t16-/m0/s1. The number of hydrogen-bond donors (Lipinski definition) is 0. The Balaban J connectivity index is 2.19. The van der Waals surface area contributed by atoms with Crippen LogP contribution >= 0.6 is 23.4 Å². The number of anilines is 1. The number of fused-ring (bicyclic) bond motifs is 2. The van der Waals surface area contributed by atoms with Crippen LogP contribution in [0.3, 0.4) is 0 Å². The van der Waals surface area contributed by atoms with Crippen molar-refractivity contribution in [2.45, 2.75) is 25.6 Å². The molecule has 4 nitrogen and oxygen atoms in total. The second-order valence-electron chi connectivity index (χ2n) is 5.85. The predicted octanol–water partition coefficient (Wildman–Crippen LogP) is 3.09. The molecule has 2 aliphatic heterocycles. The highest BCUT2D eigenvalue weighted by Gasteiger charge is 2.59. The van der Waals surface area contributed by atoms with Crippen molar-refractivity contribution in [3.8, 4) is 0 Å². The zero-order chi connectivity index (χ0) is 16.1. The van der Waals surface area contributed by atoms with Gasteiger partial charge in [0.1, 0.15) is 0 Å². The summed E-state index contributed by atoms with van der Waals surface area (Å²) in [6, 6.07) is 5.51. The van der Waals surface area contributed by atoms with E-state index in [1.807, 2.05) is 32.9 Å². The number of thioether (sulfide) groups is 1. The molecule has 6 heteroatoms. The van der Waals surface area contributed by atoms with Gasteiger partial charge in [-0.1, -0.05) is 25.4 Å². The molecule has 3 rings (SSSR count). The molecule has 2 aliphatic rings. The van der Waals surface area contributed by atoms with Crippen molar-refractivity contribution < 1.29 is 9.59 Å². The number of rotatable bonds is 2. The molecule has 1 aromatic carbocycles. The van der Waals surface area contributed by atoms with Crippen LogP contribution in [-0.2, 0) is 14.5 Å². The SMILES string of the molecule is CCN1C(=O)[C@@]2(SCCN2C(=O)C(C)C)c2cc(Cl)ccc21. The summed E-state index contributed by atoms with van der Waals surface area (Å²) in [5.41, 5.74) is 1.72. The summed E-state index contributed by atoms with van der Waals surface area (Å²) >= 11 is 7.71. The third kappa shape index (κ3) is 1.98. The molecule has 1 atom stereocenters. The smallest absolute Gasteiger partial charge is 0.268 e. The quantitative estimate of drug-likeness (QED) is 0.832. The molecule has 1 saturated heterocycles. The minimum absolute atomic E-state index is 0.0160. The Bertz CT molecular complexity index is 649. The van der Waals surface area contributed by atoms with Gasteiger partial charge in [0.25, 0.3) is 5.91 Å². The lowest BCUT2D eigenvalue weighted by molar-refractivity contribution is -0.142. The maximum atomic E-state index is 13.1. The second kappa shape index (κ2) is 5.46. The van der Waals surface area contributed by atoms with E-state index < -0.39 is 4.87 Å². The monoisotopic (exact) mass is 338 g/mol. The number of hydrogen-bond acceptors (Lipinski definition) is 3. The first-order valence-electron chi connectivity index (χ1n) is 7.51. The molecular formula is C16H19ClN2O2S. The van der Waals surface area contributed by atoms with Crippen LogP contribution in [0.15, 0.2) is 18.2 Å². The van der Waals surface area contributed by atoms with E-state index in [9.17, 15) is 9.59 Å². The molecule has 1 spiro atoms. The third-order valence-electron chi connectivity index (χ3n) is 4.23. The van der Waals surface area contributed by atoms with Crippen molar-refractivity contribution in [3.63, 3.8) is 0 Å². The average Bonchev–Trinajstić information content (AvgIpc) is 3.02. The van der Waals surface area contributed by atoms with Gasteiger partial charge in [-0.05, 0) is 25.1 Å². The zero-order valence-corrected chi connectivity index (χ0v) is 14.5. The van der Waals surface area contributed by atoms with Crippen LogP contribution in [0.1, 0.15) is 26.3 Å². The van der Waals surface area contributed by atoms with Gasteiger partial charge in [-0.2, -0.15) is 0 Å². The molecule has 118 valence electrons. The fourth-order valence-electron chi connectivity index (χ4n) is 3.23. The Hall–Kier alpha value is -1.20. The summed E-state index contributed by atoms with van der Waals surface area (Å²) in [5.74, 6) is 0.612. The summed E-state index contributed by atoms with van der Waals surface area (Å²) in [6.07, 6.45) is 0. The highest BCUT2D eigenvalue weighted by Crippen LogP contribution is 2.54. The number of likely N-dealkylation sites (N-methyl/N-ethyl adjacent to an activating group) is 1. The number of carbonyl (C=O) groups is 2. The topological polar surface area (TPSA) is 40.6 Å². The molecule has 0 bridgehead atoms. The fraction of sp³-hybridized carbons (Fsp3) is 0.500. The number of carbonyl (C=O) groups excluding carboxylic acids is 2. The average molecular weight is 339 g/mol. The van der Waals surface area contributed by atoms with Gasteiger partial charge >= 0.3 is 0 Å². The summed E-state index contributed by atoms with van der Waals surface area (Å²) in [7, 11) is 0. The van der Waals surface area contributed by atoms with E-state index in [0.29, 0.717) is 18.1 Å². The Kier molecular flexibility index (Phi) is 3.89. The van der Waals surface area contributed by atoms with Crippen molar-refractivity contribution in [1.29, 1.82) is 0 Å². The molecule has 2 amide bonds. The van der Waals surface area contributed by atoms with E-state index in [-0.39, 0.29) is 17.7 Å². The third-order valence-corrected chi connectivity index (χ3v) is 5.89. The maximum absolute atomic E-state index is 13.1. The van der Waals surface area contributed by atoms with Gasteiger partial charge in [-0.15, -0.1) is 11.8 Å². The normalized spacial score (nSPS) is 23.8. The zero-order valence-electron chi connectivity index (χ0n) is 12.9.